The molecule has 2 aromatic carbocycles. The largest absolute Gasteiger partial charge is 0.481 e. The summed E-state index contributed by atoms with van der Waals surface area (Å²) in [6, 6.07) is 14.9. The fraction of sp³-hybridized carbons (Fsp3) is 0.360. The van der Waals surface area contributed by atoms with Crippen molar-refractivity contribution in [2.75, 3.05) is 25.0 Å². The number of carbonyl (C=O) groups excluding carboxylic acids is 2. The van der Waals surface area contributed by atoms with Gasteiger partial charge < -0.3 is 25.6 Å². The maximum absolute atomic E-state index is 12.8. The van der Waals surface area contributed by atoms with Crippen molar-refractivity contribution in [3.63, 3.8) is 0 Å². The molecular weight excluding hydrogens is 434 g/mol. The molecule has 9 nitrogen and oxygen atoms in total. The van der Waals surface area contributed by atoms with E-state index in [9.17, 15) is 19.5 Å². The van der Waals surface area contributed by atoms with E-state index in [0.29, 0.717) is 38.3 Å². The summed E-state index contributed by atoms with van der Waals surface area (Å²) >= 11 is 0. The molecule has 3 aromatic rings. The van der Waals surface area contributed by atoms with Crippen LogP contribution in [0.1, 0.15) is 42.9 Å². The van der Waals surface area contributed by atoms with Crippen molar-refractivity contribution in [3.8, 4) is 0 Å². The number of nitrogens with one attached hydrogen (secondary N) is 3. The molecule has 2 heterocycles. The molecule has 0 bridgehead atoms. The number of rotatable bonds is 10. The van der Waals surface area contributed by atoms with Gasteiger partial charge in [0, 0.05) is 19.5 Å². The van der Waals surface area contributed by atoms with E-state index < -0.39 is 12.0 Å². The van der Waals surface area contributed by atoms with Crippen LogP contribution in [0.4, 0.5) is 5.95 Å². The van der Waals surface area contributed by atoms with Crippen LogP contribution < -0.4 is 10.6 Å². The predicted molar refractivity (Wildman–Crippen MR) is 128 cm³/mol. The summed E-state index contributed by atoms with van der Waals surface area (Å²) in [5.74, 6) is -0.708. The Morgan fingerprint density at radius 1 is 1.09 bits per heavy atom. The Morgan fingerprint density at radius 2 is 1.88 bits per heavy atom. The summed E-state index contributed by atoms with van der Waals surface area (Å²) in [7, 11) is 0. The average Bonchev–Trinajstić information content (AvgIpc) is 3.25. The van der Waals surface area contributed by atoms with Crippen LogP contribution in [-0.2, 0) is 20.8 Å². The summed E-state index contributed by atoms with van der Waals surface area (Å²) in [5.41, 5.74) is 3.81. The van der Waals surface area contributed by atoms with Crippen LogP contribution in [0.2, 0.25) is 0 Å². The molecule has 9 heteroatoms. The van der Waals surface area contributed by atoms with E-state index >= 15 is 0 Å². The second-order valence-corrected chi connectivity index (χ2v) is 8.41. The number of hydrogen-bond acceptors (Lipinski definition) is 5. The summed E-state index contributed by atoms with van der Waals surface area (Å²) in [6.07, 6.45) is 2.28. The Labute approximate surface area is 197 Å². The fourth-order valence-corrected chi connectivity index (χ4v) is 4.35. The Kier molecular flexibility index (Phi) is 7.41. The first-order valence-corrected chi connectivity index (χ1v) is 11.6. The Balaban J connectivity index is 1.19. The Bertz CT molecular complexity index is 1140. The van der Waals surface area contributed by atoms with Crippen molar-refractivity contribution < 1.29 is 19.5 Å². The summed E-state index contributed by atoms with van der Waals surface area (Å²) in [6.45, 7) is 0.988. The maximum Gasteiger partial charge on any atom is 0.305 e. The summed E-state index contributed by atoms with van der Waals surface area (Å²) in [4.78, 5) is 45.7. The van der Waals surface area contributed by atoms with Gasteiger partial charge in [0.2, 0.25) is 17.8 Å². The number of benzene rings is 2. The molecule has 0 saturated heterocycles. The first-order chi connectivity index (χ1) is 16.5. The number of nitrogens with zero attached hydrogens (tertiary/aromatic N) is 2. The molecular formula is C25H29N5O4. The molecule has 0 radical (unpaired) electrons. The number of aromatic nitrogens is 2. The molecule has 1 unspecified atom stereocenters. The van der Waals surface area contributed by atoms with E-state index in [-0.39, 0.29) is 24.8 Å². The molecule has 4 rings (SSSR count). The van der Waals surface area contributed by atoms with Crippen LogP contribution in [0.5, 0.6) is 0 Å². The van der Waals surface area contributed by atoms with Gasteiger partial charge in [0.15, 0.2) is 0 Å². The van der Waals surface area contributed by atoms with Gasteiger partial charge in [-0.25, -0.2) is 4.98 Å². The number of carboxylic acid groups (broad SMARTS) is 1. The van der Waals surface area contributed by atoms with Crippen molar-refractivity contribution in [2.45, 2.75) is 38.1 Å². The second-order valence-electron chi connectivity index (χ2n) is 8.41. The Hall–Kier alpha value is -3.88. The van der Waals surface area contributed by atoms with E-state index in [2.05, 4.69) is 20.6 Å². The van der Waals surface area contributed by atoms with Crippen LogP contribution in [-0.4, -0.2) is 57.4 Å². The van der Waals surface area contributed by atoms with E-state index in [1.807, 2.05) is 48.5 Å². The number of aliphatic carboxylic acids is 1. The highest BCUT2D eigenvalue weighted by molar-refractivity contribution is 5.85. The molecule has 1 aliphatic heterocycles. The smallest absolute Gasteiger partial charge is 0.305 e. The highest BCUT2D eigenvalue weighted by Gasteiger charge is 2.32. The summed E-state index contributed by atoms with van der Waals surface area (Å²) < 4.78 is 0. The van der Waals surface area contributed by atoms with Gasteiger partial charge in [0.1, 0.15) is 0 Å². The number of H-pyrrole nitrogens is 1. The highest BCUT2D eigenvalue weighted by Crippen LogP contribution is 2.32. The molecule has 4 N–H and O–H groups in total. The van der Waals surface area contributed by atoms with Crippen molar-refractivity contribution in [3.05, 3.63) is 59.7 Å². The molecule has 1 aromatic heterocycles. The van der Waals surface area contributed by atoms with Gasteiger partial charge in [0.25, 0.3) is 0 Å². The number of fused-ring (bicyclic) bond motifs is 2. The third kappa shape index (κ3) is 5.72. The number of imidazole rings is 1. The highest BCUT2D eigenvalue weighted by atomic mass is 16.4. The molecule has 2 amide bonds. The molecule has 34 heavy (non-hydrogen) atoms. The second kappa shape index (κ2) is 10.8. The molecule has 0 aliphatic carbocycles. The quantitative estimate of drug-likeness (QED) is 0.343. The standard InChI is InChI=1S/C25H29N5O4/c31-22(11-5-6-13-26-25-28-19-9-3-4-10-20(19)29-25)27-16-23(32)30-14-12-17-7-1-2-8-18(17)21(30)15-24(33)34/h1-4,7-10,21H,5-6,11-16H2,(H,27,31)(H,33,34)(H2,26,28,29). The zero-order valence-corrected chi connectivity index (χ0v) is 18.9. The third-order valence-electron chi connectivity index (χ3n) is 6.05. The lowest BCUT2D eigenvalue weighted by atomic mass is 9.90. The lowest BCUT2D eigenvalue weighted by Gasteiger charge is -2.36. The van der Waals surface area contributed by atoms with Crippen LogP contribution in [0, 0.1) is 0 Å². The molecule has 0 fully saturated rings. The van der Waals surface area contributed by atoms with Crippen LogP contribution in [0.25, 0.3) is 11.0 Å². The first-order valence-electron chi connectivity index (χ1n) is 11.6. The van der Waals surface area contributed by atoms with E-state index in [4.69, 9.17) is 0 Å². The number of para-hydroxylation sites is 2. The van der Waals surface area contributed by atoms with Crippen LogP contribution in [0.15, 0.2) is 48.5 Å². The Morgan fingerprint density at radius 3 is 2.71 bits per heavy atom. The first kappa shape index (κ1) is 23.3. The minimum Gasteiger partial charge on any atom is -0.481 e. The van der Waals surface area contributed by atoms with Gasteiger partial charge >= 0.3 is 5.97 Å². The number of carbonyl (C=O) groups is 3. The van der Waals surface area contributed by atoms with Gasteiger partial charge in [-0.2, -0.15) is 0 Å². The van der Waals surface area contributed by atoms with Gasteiger partial charge in [-0.1, -0.05) is 36.4 Å². The average molecular weight is 464 g/mol. The molecule has 0 saturated carbocycles. The van der Waals surface area contributed by atoms with Crippen LogP contribution >= 0.6 is 0 Å². The lowest BCUT2D eigenvalue weighted by Crippen LogP contribution is -2.45. The van der Waals surface area contributed by atoms with E-state index in [1.54, 1.807) is 4.90 Å². The number of amides is 2. The fourth-order valence-electron chi connectivity index (χ4n) is 4.35. The lowest BCUT2D eigenvalue weighted by molar-refractivity contribution is -0.141. The van der Waals surface area contributed by atoms with Gasteiger partial charge in [-0.15, -0.1) is 0 Å². The SMILES string of the molecule is O=C(O)CC1c2ccccc2CCN1C(=O)CNC(=O)CCCCNc1nc2ccccc2[nH]1. The molecule has 0 spiro atoms. The molecule has 1 atom stereocenters. The maximum atomic E-state index is 12.8. The van der Waals surface area contributed by atoms with Crippen molar-refractivity contribution in [2.24, 2.45) is 0 Å². The van der Waals surface area contributed by atoms with Crippen molar-refractivity contribution in [1.29, 1.82) is 0 Å². The molecule has 1 aliphatic rings. The summed E-state index contributed by atoms with van der Waals surface area (Å²) in [5, 5.41) is 15.3. The zero-order valence-electron chi connectivity index (χ0n) is 18.9. The van der Waals surface area contributed by atoms with Crippen LogP contribution in [0.3, 0.4) is 0 Å². The monoisotopic (exact) mass is 463 g/mol. The van der Waals surface area contributed by atoms with E-state index in [1.165, 1.54) is 0 Å². The van der Waals surface area contributed by atoms with Gasteiger partial charge in [-0.3, -0.25) is 14.4 Å². The normalized spacial score (nSPS) is 15.1. The predicted octanol–water partition coefficient (Wildman–Crippen LogP) is 2.86. The number of unbranched alkanes of at least 4 members (excludes halogenated alkanes) is 1. The zero-order chi connectivity index (χ0) is 23.9. The molecule has 178 valence electrons. The van der Waals surface area contributed by atoms with Crippen molar-refractivity contribution >= 4 is 34.8 Å². The topological polar surface area (TPSA) is 127 Å². The van der Waals surface area contributed by atoms with Gasteiger partial charge in [0.05, 0.1) is 30.0 Å². The number of hydrogen-bond donors (Lipinski definition) is 4. The number of carboxylic acids is 1. The van der Waals surface area contributed by atoms with E-state index in [0.717, 1.165) is 28.6 Å². The minimum absolute atomic E-state index is 0.131. The third-order valence-corrected chi connectivity index (χ3v) is 6.05. The van der Waals surface area contributed by atoms with Crippen molar-refractivity contribution in [1.82, 2.24) is 20.2 Å². The minimum atomic E-state index is -0.959. The number of anilines is 1. The number of aromatic amines is 1. The van der Waals surface area contributed by atoms with Gasteiger partial charge in [-0.05, 0) is 42.5 Å².